The number of furan rings is 1. The lowest BCUT2D eigenvalue weighted by molar-refractivity contribution is -0.146. The summed E-state index contributed by atoms with van der Waals surface area (Å²) in [6.45, 7) is 2.90. The topological polar surface area (TPSA) is 111 Å². The molecule has 0 saturated heterocycles. The van der Waals surface area contributed by atoms with Gasteiger partial charge >= 0.3 is 5.97 Å². The molecule has 2 aromatic rings. The van der Waals surface area contributed by atoms with E-state index in [9.17, 15) is 9.59 Å². The van der Waals surface area contributed by atoms with Gasteiger partial charge in [0.1, 0.15) is 17.4 Å². The van der Waals surface area contributed by atoms with Crippen LogP contribution >= 0.6 is 15.9 Å². The Morgan fingerprint density at radius 1 is 1.21 bits per heavy atom. The third kappa shape index (κ3) is 4.84. The van der Waals surface area contributed by atoms with Gasteiger partial charge in [-0.15, -0.1) is 0 Å². The summed E-state index contributed by atoms with van der Waals surface area (Å²) < 4.78 is 21.4. The zero-order valence-corrected chi connectivity index (χ0v) is 17.4. The molecule has 1 heterocycles. The van der Waals surface area contributed by atoms with Crippen molar-refractivity contribution in [3.63, 3.8) is 0 Å². The molecule has 28 heavy (non-hydrogen) atoms. The number of benzene rings is 1. The van der Waals surface area contributed by atoms with Crippen LogP contribution in [0.1, 0.15) is 22.5 Å². The van der Waals surface area contributed by atoms with Crippen LogP contribution in [0.25, 0.3) is 0 Å². The summed E-state index contributed by atoms with van der Waals surface area (Å²) in [5.41, 5.74) is 1.51. The molecule has 9 heteroatoms. The van der Waals surface area contributed by atoms with Crippen LogP contribution in [0.3, 0.4) is 0 Å². The van der Waals surface area contributed by atoms with Crippen LogP contribution in [0.15, 0.2) is 21.0 Å². The van der Waals surface area contributed by atoms with Gasteiger partial charge in [0, 0.05) is 10.0 Å². The van der Waals surface area contributed by atoms with Crippen molar-refractivity contribution in [3.05, 3.63) is 39.1 Å². The minimum atomic E-state index is -0.607. The van der Waals surface area contributed by atoms with Gasteiger partial charge in [-0.25, -0.2) is 0 Å². The minimum Gasteiger partial charge on any atom is -0.493 e. The second-order valence-electron chi connectivity index (χ2n) is 5.78. The first kappa shape index (κ1) is 21.3. The maximum Gasteiger partial charge on any atom is 0.310 e. The minimum absolute atomic E-state index is 0.0428. The molecule has 0 atom stereocenters. The van der Waals surface area contributed by atoms with Crippen molar-refractivity contribution in [2.75, 3.05) is 26.1 Å². The molecule has 1 N–H and O–H groups in total. The Hall–Kier alpha value is -2.99. The number of hydrogen-bond donors (Lipinski definition) is 1. The first-order valence-electron chi connectivity index (χ1n) is 8.16. The Morgan fingerprint density at radius 3 is 2.46 bits per heavy atom. The van der Waals surface area contributed by atoms with E-state index >= 15 is 0 Å². The van der Waals surface area contributed by atoms with E-state index in [1.165, 1.54) is 14.2 Å². The Balaban J connectivity index is 1.97. The number of halogens is 1. The summed E-state index contributed by atoms with van der Waals surface area (Å²) in [6, 6.07) is 5.30. The van der Waals surface area contributed by atoms with Gasteiger partial charge in [-0.1, -0.05) is 15.9 Å². The zero-order chi connectivity index (χ0) is 20.8. The van der Waals surface area contributed by atoms with Gasteiger partial charge in [0.15, 0.2) is 18.1 Å². The molecule has 1 aromatic heterocycles. The van der Waals surface area contributed by atoms with Gasteiger partial charge in [0.05, 0.1) is 20.6 Å². The number of rotatable bonds is 7. The van der Waals surface area contributed by atoms with Crippen molar-refractivity contribution < 1.29 is 28.2 Å². The number of carbonyl (C=O) groups is 2. The van der Waals surface area contributed by atoms with Crippen molar-refractivity contribution in [1.82, 2.24) is 0 Å². The van der Waals surface area contributed by atoms with Crippen molar-refractivity contribution in [1.29, 1.82) is 5.26 Å². The highest BCUT2D eigenvalue weighted by molar-refractivity contribution is 9.10. The van der Waals surface area contributed by atoms with Crippen LogP contribution in [-0.4, -0.2) is 32.7 Å². The van der Waals surface area contributed by atoms with E-state index in [4.69, 9.17) is 23.9 Å². The number of methoxy groups -OCH3 is 2. The molecule has 0 radical (unpaired) electrons. The Morgan fingerprint density at radius 2 is 1.86 bits per heavy atom. The molecule has 148 valence electrons. The average Bonchev–Trinajstić information content (AvgIpc) is 2.94. The highest BCUT2D eigenvalue weighted by atomic mass is 79.9. The fourth-order valence-corrected chi connectivity index (χ4v) is 2.86. The van der Waals surface area contributed by atoms with E-state index in [1.807, 2.05) is 6.07 Å². The van der Waals surface area contributed by atoms with E-state index < -0.39 is 18.5 Å². The molecular formula is C19H19BrN2O6. The largest absolute Gasteiger partial charge is 0.493 e. The normalized spacial score (nSPS) is 10.1. The molecule has 1 aromatic carbocycles. The fourth-order valence-electron chi connectivity index (χ4n) is 2.40. The molecule has 0 aliphatic rings. The van der Waals surface area contributed by atoms with E-state index in [-0.39, 0.29) is 17.9 Å². The number of nitrogens with zero attached hydrogens (tertiary/aromatic N) is 1. The number of ether oxygens (including phenoxy) is 3. The highest BCUT2D eigenvalue weighted by Crippen LogP contribution is 2.33. The van der Waals surface area contributed by atoms with Crippen molar-refractivity contribution in [2.45, 2.75) is 20.3 Å². The number of hydrogen-bond acceptors (Lipinski definition) is 7. The number of amides is 1. The fraction of sp³-hybridized carbons (Fsp3) is 0.316. The van der Waals surface area contributed by atoms with E-state index in [0.717, 1.165) is 0 Å². The van der Waals surface area contributed by atoms with Crippen molar-refractivity contribution in [3.8, 4) is 17.6 Å². The quantitative estimate of drug-likeness (QED) is 0.644. The molecule has 0 saturated carbocycles. The van der Waals surface area contributed by atoms with Gasteiger partial charge in [-0.2, -0.15) is 5.26 Å². The highest BCUT2D eigenvalue weighted by Gasteiger charge is 2.18. The lowest BCUT2D eigenvalue weighted by Gasteiger charge is -2.11. The number of nitrogens with one attached hydrogen (secondary N) is 1. The Bertz CT molecular complexity index is 945. The van der Waals surface area contributed by atoms with Crippen LogP contribution in [-0.2, 0) is 20.7 Å². The summed E-state index contributed by atoms with van der Waals surface area (Å²) >= 11 is 3.36. The Labute approximate surface area is 170 Å². The number of nitriles is 1. The average molecular weight is 451 g/mol. The summed E-state index contributed by atoms with van der Waals surface area (Å²) in [5.74, 6) is 0.353. The number of aryl methyl sites for hydroxylation is 1. The van der Waals surface area contributed by atoms with Crippen LogP contribution in [0.5, 0.6) is 11.5 Å². The molecule has 0 aliphatic heterocycles. The first-order chi connectivity index (χ1) is 13.3. The van der Waals surface area contributed by atoms with E-state index in [1.54, 1.807) is 26.0 Å². The van der Waals surface area contributed by atoms with E-state index in [2.05, 4.69) is 21.2 Å². The van der Waals surface area contributed by atoms with Gasteiger partial charge in [-0.05, 0) is 31.5 Å². The zero-order valence-electron chi connectivity index (χ0n) is 15.8. The second kappa shape index (κ2) is 9.28. The smallest absolute Gasteiger partial charge is 0.310 e. The predicted octanol–water partition coefficient (Wildman–Crippen LogP) is 3.27. The SMILES string of the molecule is COc1cc(Br)c(CC(=O)OCC(=O)Nc2oc(C)c(C)c2C#N)cc1OC. The van der Waals surface area contributed by atoms with Crippen LogP contribution in [0.4, 0.5) is 5.88 Å². The van der Waals surface area contributed by atoms with Crippen molar-refractivity contribution in [2.24, 2.45) is 0 Å². The molecule has 2 rings (SSSR count). The molecule has 8 nitrogen and oxygen atoms in total. The van der Waals surface area contributed by atoms with Gasteiger partial charge < -0.3 is 18.6 Å². The summed E-state index contributed by atoms with van der Waals surface area (Å²) in [6.07, 6.45) is -0.0728. The molecule has 1 amide bonds. The Kier molecular flexibility index (Phi) is 7.06. The summed E-state index contributed by atoms with van der Waals surface area (Å²) in [4.78, 5) is 24.1. The number of esters is 1. The molecule has 0 unspecified atom stereocenters. The van der Waals surface area contributed by atoms with Crippen molar-refractivity contribution >= 4 is 33.7 Å². The molecule has 0 aliphatic carbocycles. The molecule has 0 bridgehead atoms. The third-order valence-electron chi connectivity index (χ3n) is 4.00. The monoisotopic (exact) mass is 450 g/mol. The molecule has 0 fully saturated rings. The summed E-state index contributed by atoms with van der Waals surface area (Å²) in [7, 11) is 3.00. The van der Waals surface area contributed by atoms with Gasteiger partial charge in [-0.3, -0.25) is 14.9 Å². The number of anilines is 1. The van der Waals surface area contributed by atoms with Gasteiger partial charge in [0.25, 0.3) is 5.91 Å². The predicted molar refractivity (Wildman–Crippen MR) is 103 cm³/mol. The number of carbonyl (C=O) groups excluding carboxylic acids is 2. The lowest BCUT2D eigenvalue weighted by Crippen LogP contribution is -2.22. The maximum absolute atomic E-state index is 12.1. The molecular weight excluding hydrogens is 432 g/mol. The van der Waals surface area contributed by atoms with Crippen LogP contribution in [0.2, 0.25) is 0 Å². The second-order valence-corrected chi connectivity index (χ2v) is 6.64. The summed E-state index contributed by atoms with van der Waals surface area (Å²) in [5, 5.41) is 11.6. The van der Waals surface area contributed by atoms with E-state index in [0.29, 0.717) is 32.9 Å². The maximum atomic E-state index is 12.1. The molecule has 0 spiro atoms. The van der Waals surface area contributed by atoms with Gasteiger partial charge in [0.2, 0.25) is 5.88 Å². The van der Waals surface area contributed by atoms with Crippen LogP contribution in [0, 0.1) is 25.2 Å². The third-order valence-corrected chi connectivity index (χ3v) is 4.74. The first-order valence-corrected chi connectivity index (χ1v) is 8.95. The standard InChI is InChI=1S/C19H19BrN2O6/c1-10-11(2)28-19(13(10)8-21)22-17(23)9-27-18(24)6-12-5-15(25-3)16(26-4)7-14(12)20/h5,7H,6,9H2,1-4H3,(H,22,23). The van der Waals surface area contributed by atoms with Crippen LogP contribution < -0.4 is 14.8 Å². The lowest BCUT2D eigenvalue weighted by atomic mass is 10.1.